The lowest BCUT2D eigenvalue weighted by atomic mass is 10.1. The van der Waals surface area contributed by atoms with Gasteiger partial charge in [0.25, 0.3) is 0 Å². The molecule has 0 bridgehead atoms. The predicted molar refractivity (Wildman–Crippen MR) is 112 cm³/mol. The third-order valence-corrected chi connectivity index (χ3v) is 4.03. The highest BCUT2D eigenvalue weighted by molar-refractivity contribution is 7.80. The van der Waals surface area contributed by atoms with Crippen molar-refractivity contribution in [1.29, 1.82) is 0 Å². The quantitative estimate of drug-likeness (QED) is 0.599. The number of amides is 1. The highest BCUT2D eigenvalue weighted by Gasteiger charge is 2.06. The second-order valence-electron chi connectivity index (χ2n) is 5.93. The monoisotopic (exact) mass is 376 g/mol. The zero-order valence-electron chi connectivity index (χ0n) is 14.7. The third kappa shape index (κ3) is 6.24. The molecule has 0 saturated heterocycles. The van der Waals surface area contributed by atoms with Gasteiger partial charge in [0.15, 0.2) is 5.11 Å². The van der Waals surface area contributed by atoms with Crippen molar-refractivity contribution in [3.05, 3.63) is 90.5 Å². The minimum absolute atomic E-state index is 0.111. The summed E-state index contributed by atoms with van der Waals surface area (Å²) >= 11 is 5.21. The zero-order chi connectivity index (χ0) is 18.9. The Kier molecular flexibility index (Phi) is 6.55. The Balaban J connectivity index is 1.45. The summed E-state index contributed by atoms with van der Waals surface area (Å²) in [6.07, 6.45) is 1.07. The smallest absolute Gasteiger partial charge is 0.226 e. The molecule has 0 unspecified atom stereocenters. The minimum Gasteiger partial charge on any atom is -0.457 e. The van der Waals surface area contributed by atoms with Gasteiger partial charge in [-0.1, -0.05) is 48.5 Å². The lowest BCUT2D eigenvalue weighted by Gasteiger charge is -2.11. The van der Waals surface area contributed by atoms with Crippen LogP contribution in [0.1, 0.15) is 12.0 Å². The lowest BCUT2D eigenvalue weighted by molar-refractivity contribution is -0.119. The number of aryl methyl sites for hydroxylation is 1. The number of benzene rings is 3. The fourth-order valence-electron chi connectivity index (χ4n) is 2.48. The first-order valence-electron chi connectivity index (χ1n) is 8.67. The summed E-state index contributed by atoms with van der Waals surface area (Å²) in [4.78, 5) is 12.0. The normalized spacial score (nSPS) is 10.1. The number of ether oxygens (including phenoxy) is 1. The van der Waals surface area contributed by atoms with Gasteiger partial charge < -0.3 is 15.4 Å². The van der Waals surface area contributed by atoms with E-state index < -0.39 is 0 Å². The first kappa shape index (κ1) is 18.6. The van der Waals surface area contributed by atoms with E-state index in [9.17, 15) is 4.79 Å². The molecule has 0 fully saturated rings. The Hall–Kier alpha value is -3.18. The molecule has 1 amide bonds. The molecule has 0 aromatic heterocycles. The first-order chi connectivity index (χ1) is 13.2. The van der Waals surface area contributed by atoms with E-state index in [-0.39, 0.29) is 11.0 Å². The molecule has 0 saturated carbocycles. The number of carbonyl (C=O) groups is 1. The van der Waals surface area contributed by atoms with E-state index in [1.54, 1.807) is 0 Å². The number of thiocarbonyl (C=S) groups is 1. The van der Waals surface area contributed by atoms with Gasteiger partial charge in [-0.05, 0) is 60.6 Å². The summed E-state index contributed by atoms with van der Waals surface area (Å²) in [5.74, 6) is 1.39. The largest absolute Gasteiger partial charge is 0.457 e. The van der Waals surface area contributed by atoms with Crippen LogP contribution in [-0.4, -0.2) is 11.0 Å². The molecule has 0 spiro atoms. The fraction of sp³-hybridized carbons (Fsp3) is 0.0909. The van der Waals surface area contributed by atoms with E-state index in [1.165, 1.54) is 0 Å². The molecule has 136 valence electrons. The molecule has 0 aliphatic rings. The molecule has 0 radical (unpaired) electrons. The average Bonchev–Trinajstić information content (AvgIpc) is 2.69. The van der Waals surface area contributed by atoms with Gasteiger partial charge in [0, 0.05) is 12.1 Å². The van der Waals surface area contributed by atoms with Gasteiger partial charge in [-0.15, -0.1) is 0 Å². The molecule has 0 atom stereocenters. The first-order valence-corrected chi connectivity index (χ1v) is 9.07. The Morgan fingerprint density at radius 2 is 1.41 bits per heavy atom. The zero-order valence-corrected chi connectivity index (χ0v) is 15.5. The van der Waals surface area contributed by atoms with Gasteiger partial charge >= 0.3 is 0 Å². The highest BCUT2D eigenvalue weighted by Crippen LogP contribution is 2.22. The second kappa shape index (κ2) is 9.50. The molecule has 27 heavy (non-hydrogen) atoms. The van der Waals surface area contributed by atoms with Gasteiger partial charge in [-0.25, -0.2) is 0 Å². The Morgan fingerprint density at radius 3 is 2.07 bits per heavy atom. The lowest BCUT2D eigenvalue weighted by Crippen LogP contribution is -2.34. The predicted octanol–water partition coefficient (Wildman–Crippen LogP) is 4.92. The average molecular weight is 376 g/mol. The van der Waals surface area contributed by atoms with Crippen molar-refractivity contribution < 1.29 is 9.53 Å². The van der Waals surface area contributed by atoms with Crippen molar-refractivity contribution in [3.8, 4) is 11.5 Å². The molecule has 3 aromatic rings. The second-order valence-corrected chi connectivity index (χ2v) is 6.34. The summed E-state index contributed by atoms with van der Waals surface area (Å²) in [6.45, 7) is 0. The topological polar surface area (TPSA) is 50.4 Å². The molecule has 0 heterocycles. The summed E-state index contributed by atoms with van der Waals surface area (Å²) in [7, 11) is 0. The number of rotatable bonds is 6. The van der Waals surface area contributed by atoms with Crippen LogP contribution >= 0.6 is 12.2 Å². The van der Waals surface area contributed by atoms with E-state index in [0.29, 0.717) is 12.8 Å². The van der Waals surface area contributed by atoms with Crippen LogP contribution in [0.15, 0.2) is 84.9 Å². The van der Waals surface area contributed by atoms with Gasteiger partial charge in [0.2, 0.25) is 5.91 Å². The van der Waals surface area contributed by atoms with Gasteiger partial charge in [-0.2, -0.15) is 0 Å². The van der Waals surface area contributed by atoms with E-state index >= 15 is 0 Å². The molecule has 2 N–H and O–H groups in total. The van der Waals surface area contributed by atoms with Crippen LogP contribution in [0.3, 0.4) is 0 Å². The van der Waals surface area contributed by atoms with Crippen molar-refractivity contribution in [2.45, 2.75) is 12.8 Å². The fourth-order valence-corrected chi connectivity index (χ4v) is 2.72. The van der Waals surface area contributed by atoms with Crippen LogP contribution in [0.5, 0.6) is 11.5 Å². The maximum Gasteiger partial charge on any atom is 0.226 e. The van der Waals surface area contributed by atoms with E-state index in [4.69, 9.17) is 17.0 Å². The maximum absolute atomic E-state index is 12.0. The van der Waals surface area contributed by atoms with Crippen LogP contribution < -0.4 is 15.4 Å². The molecule has 5 heteroatoms. The Labute approximate surface area is 164 Å². The van der Waals surface area contributed by atoms with Crippen molar-refractivity contribution in [2.75, 3.05) is 5.32 Å². The molecular weight excluding hydrogens is 356 g/mol. The summed E-state index contributed by atoms with van der Waals surface area (Å²) < 4.78 is 5.75. The van der Waals surface area contributed by atoms with Gasteiger partial charge in [0.1, 0.15) is 11.5 Å². The number of carbonyl (C=O) groups excluding carboxylic acids is 1. The number of nitrogens with one attached hydrogen (secondary N) is 2. The van der Waals surface area contributed by atoms with Crippen LogP contribution in [0.4, 0.5) is 5.69 Å². The standard InChI is InChI=1S/C22H20N2O2S/c25-21(16-11-17-7-3-1-4-8-17)24-22(27)23-18-12-14-20(15-13-18)26-19-9-5-2-6-10-19/h1-10,12-15H,11,16H2,(H2,23,24,25,27). The number of anilines is 1. The molecule has 0 aliphatic carbocycles. The highest BCUT2D eigenvalue weighted by atomic mass is 32.1. The van der Waals surface area contributed by atoms with Crippen molar-refractivity contribution in [2.24, 2.45) is 0 Å². The molecular formula is C22H20N2O2S. The van der Waals surface area contributed by atoms with Crippen LogP contribution in [-0.2, 0) is 11.2 Å². The van der Waals surface area contributed by atoms with Gasteiger partial charge in [-0.3, -0.25) is 4.79 Å². The third-order valence-electron chi connectivity index (χ3n) is 3.83. The summed E-state index contributed by atoms with van der Waals surface area (Å²) in [5.41, 5.74) is 1.91. The number of para-hydroxylation sites is 1. The van der Waals surface area contributed by atoms with Crippen molar-refractivity contribution in [1.82, 2.24) is 5.32 Å². The van der Waals surface area contributed by atoms with Crippen molar-refractivity contribution >= 4 is 28.9 Å². The van der Waals surface area contributed by atoms with E-state index in [1.807, 2.05) is 84.9 Å². The molecule has 3 aromatic carbocycles. The summed E-state index contributed by atoms with van der Waals surface area (Å²) in [5, 5.41) is 5.99. The van der Waals surface area contributed by atoms with Gasteiger partial charge in [0.05, 0.1) is 0 Å². The van der Waals surface area contributed by atoms with E-state index in [0.717, 1.165) is 22.7 Å². The van der Waals surface area contributed by atoms with Crippen LogP contribution in [0.25, 0.3) is 0 Å². The van der Waals surface area contributed by atoms with Crippen LogP contribution in [0, 0.1) is 0 Å². The summed E-state index contributed by atoms with van der Waals surface area (Å²) in [6, 6.07) is 26.8. The minimum atomic E-state index is -0.111. The van der Waals surface area contributed by atoms with Crippen LogP contribution in [0.2, 0.25) is 0 Å². The van der Waals surface area contributed by atoms with E-state index in [2.05, 4.69) is 10.6 Å². The molecule has 4 nitrogen and oxygen atoms in total. The molecule has 0 aliphatic heterocycles. The number of hydrogen-bond acceptors (Lipinski definition) is 3. The van der Waals surface area contributed by atoms with Crippen molar-refractivity contribution in [3.63, 3.8) is 0 Å². The molecule has 3 rings (SSSR count). The number of hydrogen-bond donors (Lipinski definition) is 2. The Bertz CT molecular complexity index is 881. The Morgan fingerprint density at radius 1 is 0.815 bits per heavy atom. The SMILES string of the molecule is O=C(CCc1ccccc1)NC(=S)Nc1ccc(Oc2ccccc2)cc1. The maximum atomic E-state index is 12.0.